The van der Waals surface area contributed by atoms with Crippen molar-refractivity contribution in [2.75, 3.05) is 0 Å². The molecule has 2 fully saturated rings. The van der Waals surface area contributed by atoms with E-state index < -0.39 is 5.60 Å². The van der Waals surface area contributed by atoms with Crippen LogP contribution in [0.15, 0.2) is 24.3 Å². The van der Waals surface area contributed by atoms with Gasteiger partial charge < -0.3 is 0 Å². The number of rotatable bonds is 2. The van der Waals surface area contributed by atoms with E-state index in [0.717, 1.165) is 12.0 Å². The van der Waals surface area contributed by atoms with Gasteiger partial charge in [0, 0.05) is 23.3 Å². The average Bonchev–Trinajstić information content (AvgIpc) is 2.54. The van der Waals surface area contributed by atoms with Crippen molar-refractivity contribution in [3.8, 4) is 6.07 Å². The van der Waals surface area contributed by atoms with Gasteiger partial charge >= 0.3 is 0 Å². The van der Waals surface area contributed by atoms with Crippen LogP contribution < -0.4 is 0 Å². The largest absolute Gasteiger partial charge is 0.299 e. The van der Waals surface area contributed by atoms with Gasteiger partial charge in [0.2, 0.25) is 0 Å². The van der Waals surface area contributed by atoms with Crippen molar-refractivity contribution in [2.45, 2.75) is 38.4 Å². The smallest absolute Gasteiger partial charge is 0.138 e. The number of carbonyl (C=O) groups excluding carboxylic acids is 1. The second kappa shape index (κ2) is 6.09. The third kappa shape index (κ3) is 3.05. The zero-order valence-electron chi connectivity index (χ0n) is 13.1. The monoisotopic (exact) mass is 331 g/mol. The molecule has 1 aliphatic carbocycles. The van der Waals surface area contributed by atoms with Crippen LogP contribution in [-0.2, 0) is 14.6 Å². The number of nitrogens with zero attached hydrogens (tertiary/aromatic N) is 1. The van der Waals surface area contributed by atoms with Crippen molar-refractivity contribution in [1.82, 2.24) is 0 Å². The van der Waals surface area contributed by atoms with Gasteiger partial charge in [0.25, 0.3) is 0 Å². The molecule has 0 N–H and O–H groups in total. The zero-order chi connectivity index (χ0) is 16.6. The molecule has 4 atom stereocenters. The highest BCUT2D eigenvalue weighted by Gasteiger charge is 2.48. The SMILES string of the molecule is C[C@@H]1C(=O)C[C@H]2C[C@@H]1OO[C@]2(C)C=Cc1ccc(C#N)cc1Cl. The normalized spacial score (nSPS) is 33.7. The van der Waals surface area contributed by atoms with Gasteiger partial charge in [-0.25, -0.2) is 9.78 Å². The van der Waals surface area contributed by atoms with E-state index >= 15 is 0 Å². The highest BCUT2D eigenvalue weighted by atomic mass is 35.5. The Morgan fingerprint density at radius 1 is 1.48 bits per heavy atom. The lowest BCUT2D eigenvalue weighted by atomic mass is 9.71. The van der Waals surface area contributed by atoms with Crippen LogP contribution in [0.1, 0.15) is 37.8 Å². The number of halogens is 1. The molecule has 4 nitrogen and oxygen atoms in total. The van der Waals surface area contributed by atoms with Crippen LogP contribution in [0.4, 0.5) is 0 Å². The van der Waals surface area contributed by atoms with E-state index in [1.807, 2.05) is 26.0 Å². The molecule has 0 amide bonds. The van der Waals surface area contributed by atoms with Gasteiger partial charge in [0.1, 0.15) is 17.5 Å². The minimum atomic E-state index is -0.663. The molecule has 5 heteroatoms. The Kier molecular flexibility index (Phi) is 4.29. The molecule has 1 saturated carbocycles. The molecule has 23 heavy (non-hydrogen) atoms. The molecule has 0 unspecified atom stereocenters. The van der Waals surface area contributed by atoms with Crippen LogP contribution in [0.25, 0.3) is 6.08 Å². The summed E-state index contributed by atoms with van der Waals surface area (Å²) in [5.74, 6) is 0.219. The maximum atomic E-state index is 12.1. The Morgan fingerprint density at radius 2 is 2.26 bits per heavy atom. The van der Waals surface area contributed by atoms with Crippen molar-refractivity contribution in [3.63, 3.8) is 0 Å². The van der Waals surface area contributed by atoms with E-state index in [1.54, 1.807) is 18.2 Å². The summed E-state index contributed by atoms with van der Waals surface area (Å²) in [5, 5.41) is 9.38. The Hall–Kier alpha value is -1.67. The third-order valence-electron chi connectivity index (χ3n) is 4.92. The first-order chi connectivity index (χ1) is 10.9. The molecule has 2 bridgehead atoms. The summed E-state index contributed by atoms with van der Waals surface area (Å²) in [6.45, 7) is 3.81. The molecule has 1 aliphatic heterocycles. The van der Waals surface area contributed by atoms with Gasteiger partial charge in [-0.2, -0.15) is 5.26 Å². The first-order valence-electron chi connectivity index (χ1n) is 7.69. The van der Waals surface area contributed by atoms with Crippen molar-refractivity contribution < 1.29 is 14.6 Å². The van der Waals surface area contributed by atoms with Crippen LogP contribution in [-0.4, -0.2) is 17.5 Å². The van der Waals surface area contributed by atoms with Crippen LogP contribution >= 0.6 is 11.6 Å². The van der Waals surface area contributed by atoms with Gasteiger partial charge in [-0.1, -0.05) is 30.7 Å². The Morgan fingerprint density at radius 3 is 2.96 bits per heavy atom. The summed E-state index contributed by atoms with van der Waals surface area (Å²) >= 11 is 6.19. The third-order valence-corrected chi connectivity index (χ3v) is 5.24. The molecule has 3 rings (SSSR count). The van der Waals surface area contributed by atoms with E-state index in [2.05, 4.69) is 6.07 Å². The molecule has 1 aromatic carbocycles. The van der Waals surface area contributed by atoms with Crippen LogP contribution in [0, 0.1) is 23.2 Å². The van der Waals surface area contributed by atoms with Crippen LogP contribution in [0.3, 0.4) is 0 Å². The number of ketones is 1. The fourth-order valence-electron chi connectivity index (χ4n) is 3.15. The van der Waals surface area contributed by atoms with Crippen molar-refractivity contribution >= 4 is 23.5 Å². The van der Waals surface area contributed by atoms with E-state index in [-0.39, 0.29) is 23.7 Å². The second-order valence-electron chi connectivity index (χ2n) is 6.48. The number of nitriles is 1. The molecule has 0 aromatic heterocycles. The minimum Gasteiger partial charge on any atom is -0.299 e. The van der Waals surface area contributed by atoms with Crippen molar-refractivity contribution in [2.24, 2.45) is 11.8 Å². The van der Waals surface area contributed by atoms with E-state index in [4.69, 9.17) is 26.6 Å². The first kappa shape index (κ1) is 16.2. The predicted octanol–water partition coefficient (Wildman–Crippen LogP) is 3.93. The molecule has 1 heterocycles. The van der Waals surface area contributed by atoms with Gasteiger partial charge in [-0.3, -0.25) is 4.79 Å². The molecule has 2 aliphatic rings. The van der Waals surface area contributed by atoms with E-state index in [1.165, 1.54) is 0 Å². The lowest BCUT2D eigenvalue weighted by molar-refractivity contribution is -0.415. The summed E-state index contributed by atoms with van der Waals surface area (Å²) in [7, 11) is 0. The summed E-state index contributed by atoms with van der Waals surface area (Å²) in [4.78, 5) is 23.2. The molecule has 0 radical (unpaired) electrons. The lowest BCUT2D eigenvalue weighted by Gasteiger charge is -2.45. The molecule has 1 saturated heterocycles. The van der Waals surface area contributed by atoms with Crippen LogP contribution in [0.2, 0.25) is 5.02 Å². The summed E-state index contributed by atoms with van der Waals surface area (Å²) in [6, 6.07) is 7.19. The fraction of sp³-hybridized carbons (Fsp3) is 0.444. The maximum absolute atomic E-state index is 12.1. The molecular weight excluding hydrogens is 314 g/mol. The molecular formula is C18H18ClNO3. The highest BCUT2D eigenvalue weighted by molar-refractivity contribution is 6.32. The van der Waals surface area contributed by atoms with Gasteiger partial charge in [-0.15, -0.1) is 0 Å². The van der Waals surface area contributed by atoms with Gasteiger partial charge in [0.15, 0.2) is 0 Å². The fourth-order valence-corrected chi connectivity index (χ4v) is 3.39. The topological polar surface area (TPSA) is 59.3 Å². The van der Waals surface area contributed by atoms with Gasteiger partial charge in [0.05, 0.1) is 11.6 Å². The summed E-state index contributed by atoms with van der Waals surface area (Å²) < 4.78 is 0. The zero-order valence-corrected chi connectivity index (χ0v) is 13.8. The number of Topliss-reactive ketones (excluding diaryl/α,β-unsaturated/α-hetero) is 1. The van der Waals surface area contributed by atoms with Gasteiger partial charge in [-0.05, 0) is 37.1 Å². The number of hydrogen-bond acceptors (Lipinski definition) is 4. The molecule has 120 valence electrons. The molecule has 0 spiro atoms. The van der Waals surface area contributed by atoms with Crippen molar-refractivity contribution in [3.05, 3.63) is 40.4 Å². The number of benzene rings is 1. The second-order valence-corrected chi connectivity index (χ2v) is 6.88. The van der Waals surface area contributed by atoms with Crippen LogP contribution in [0.5, 0.6) is 0 Å². The Bertz CT molecular complexity index is 709. The number of carbonyl (C=O) groups is 1. The molecule has 1 aromatic rings. The van der Waals surface area contributed by atoms with Crippen molar-refractivity contribution in [1.29, 1.82) is 5.26 Å². The summed E-state index contributed by atoms with van der Waals surface area (Å²) in [6.07, 6.45) is 4.92. The van der Waals surface area contributed by atoms with E-state index in [0.29, 0.717) is 17.0 Å². The average molecular weight is 332 g/mol. The first-order valence-corrected chi connectivity index (χ1v) is 8.07. The maximum Gasteiger partial charge on any atom is 0.138 e. The predicted molar refractivity (Wildman–Crippen MR) is 86.5 cm³/mol. The number of fused-ring (bicyclic) bond motifs is 2. The summed E-state index contributed by atoms with van der Waals surface area (Å²) in [5.41, 5.74) is 0.655. The minimum absolute atomic E-state index is 0.0957. The van der Waals surface area contributed by atoms with E-state index in [9.17, 15) is 4.79 Å². The lowest BCUT2D eigenvalue weighted by Crippen LogP contribution is -2.51. The Balaban J connectivity index is 1.82. The number of hydrogen-bond donors (Lipinski definition) is 0. The quantitative estimate of drug-likeness (QED) is 0.770. The highest BCUT2D eigenvalue weighted by Crippen LogP contribution is 2.43. The Labute approximate surface area is 140 Å². The standard InChI is InChI=1S/C18H18ClNO3/c1-11-16(21)8-14-9-17(11)22-23-18(14,2)6-5-13-4-3-12(10-20)7-15(13)19/h3-7,11,14,17H,8-9H2,1-2H3/t11-,14+,17+,18-/m1/s1.